The molecule has 0 bridgehead atoms. The maximum atomic E-state index is 11.6. The zero-order chi connectivity index (χ0) is 23.5. The second-order valence-electron chi connectivity index (χ2n) is 10.1. The van der Waals surface area contributed by atoms with E-state index in [0.29, 0.717) is 6.54 Å². The molecule has 0 radical (unpaired) electrons. The zero-order valence-electron chi connectivity index (χ0n) is 21.3. The number of hydrogen-bond donors (Lipinski definition) is 1. The highest BCUT2D eigenvalue weighted by atomic mass is 28.5. The SMILES string of the molecule is C=CC(=O)NCCC[Si](O[Si](C)(C)CCC)(O[Si](C)(C)CCC)O[Si](C)(C)CCC. The van der Waals surface area contributed by atoms with Gasteiger partial charge in [-0.25, -0.2) is 0 Å². The Labute approximate surface area is 191 Å². The first-order valence-corrected chi connectivity index (χ1v) is 23.0. The van der Waals surface area contributed by atoms with Crippen molar-refractivity contribution in [1.82, 2.24) is 5.32 Å². The highest BCUT2D eigenvalue weighted by Gasteiger charge is 2.51. The minimum Gasteiger partial charge on any atom is -0.417 e. The average Bonchev–Trinajstić information content (AvgIpc) is 2.56. The van der Waals surface area contributed by atoms with E-state index in [9.17, 15) is 4.79 Å². The van der Waals surface area contributed by atoms with Gasteiger partial charge < -0.3 is 17.7 Å². The summed E-state index contributed by atoms with van der Waals surface area (Å²) in [4.78, 5) is 11.6. The van der Waals surface area contributed by atoms with Crippen molar-refractivity contribution < 1.29 is 17.1 Å². The Morgan fingerprint density at radius 2 is 1.13 bits per heavy atom. The van der Waals surface area contributed by atoms with Crippen LogP contribution in [0.3, 0.4) is 0 Å². The van der Waals surface area contributed by atoms with Crippen LogP contribution in [0.1, 0.15) is 46.5 Å². The molecule has 0 aliphatic carbocycles. The lowest BCUT2D eigenvalue weighted by atomic mass is 10.4. The van der Waals surface area contributed by atoms with Crippen molar-refractivity contribution in [1.29, 1.82) is 0 Å². The normalized spacial score (nSPS) is 13.4. The second-order valence-corrected chi connectivity index (χ2v) is 26.5. The molecule has 0 saturated heterocycles. The molecule has 0 rings (SSSR count). The molecule has 0 aromatic carbocycles. The maximum absolute atomic E-state index is 11.6. The molecule has 0 atom stereocenters. The van der Waals surface area contributed by atoms with Crippen LogP contribution in [0.4, 0.5) is 0 Å². The molecule has 5 nitrogen and oxygen atoms in total. The summed E-state index contributed by atoms with van der Waals surface area (Å²) < 4.78 is 21.1. The number of nitrogens with one attached hydrogen (secondary N) is 1. The Morgan fingerprint density at radius 3 is 1.43 bits per heavy atom. The van der Waals surface area contributed by atoms with E-state index in [1.807, 2.05) is 0 Å². The van der Waals surface area contributed by atoms with Gasteiger partial charge in [-0.05, 0) is 69.9 Å². The quantitative estimate of drug-likeness (QED) is 0.143. The molecule has 0 saturated carbocycles. The van der Waals surface area contributed by atoms with Gasteiger partial charge in [-0.2, -0.15) is 0 Å². The number of carbonyl (C=O) groups excluding carboxylic acids is 1. The van der Waals surface area contributed by atoms with Crippen molar-refractivity contribution in [2.75, 3.05) is 6.54 Å². The van der Waals surface area contributed by atoms with Gasteiger partial charge in [0, 0.05) is 12.6 Å². The molecular formula is C21H49NO4Si4. The zero-order valence-corrected chi connectivity index (χ0v) is 25.3. The summed E-state index contributed by atoms with van der Waals surface area (Å²) in [5, 5.41) is 2.90. The van der Waals surface area contributed by atoms with E-state index >= 15 is 0 Å². The molecule has 178 valence electrons. The third kappa shape index (κ3) is 12.7. The van der Waals surface area contributed by atoms with Crippen LogP contribution in [0, 0.1) is 0 Å². The predicted octanol–water partition coefficient (Wildman–Crippen LogP) is 6.51. The Balaban J connectivity index is 5.89. The van der Waals surface area contributed by atoms with Crippen LogP contribution in [-0.2, 0) is 17.1 Å². The lowest BCUT2D eigenvalue weighted by molar-refractivity contribution is -0.116. The first kappa shape index (κ1) is 30.0. The molecule has 9 heteroatoms. The second kappa shape index (κ2) is 13.5. The molecule has 0 aliphatic heterocycles. The van der Waals surface area contributed by atoms with Crippen LogP contribution < -0.4 is 5.32 Å². The van der Waals surface area contributed by atoms with Gasteiger partial charge in [-0.3, -0.25) is 4.79 Å². The van der Waals surface area contributed by atoms with E-state index in [0.717, 1.165) is 49.9 Å². The fraction of sp³-hybridized carbons (Fsp3) is 0.857. The van der Waals surface area contributed by atoms with Gasteiger partial charge >= 0.3 is 8.80 Å². The van der Waals surface area contributed by atoms with Gasteiger partial charge in [-0.1, -0.05) is 46.6 Å². The number of carbonyl (C=O) groups is 1. The largest absolute Gasteiger partial charge is 0.469 e. The fourth-order valence-corrected chi connectivity index (χ4v) is 22.4. The molecular weight excluding hydrogens is 443 g/mol. The summed E-state index contributed by atoms with van der Waals surface area (Å²) in [5.41, 5.74) is 0. The minimum absolute atomic E-state index is 0.132. The van der Waals surface area contributed by atoms with Gasteiger partial charge in [0.15, 0.2) is 25.0 Å². The number of rotatable bonds is 17. The molecule has 0 fully saturated rings. The third-order valence-electron chi connectivity index (χ3n) is 5.00. The summed E-state index contributed by atoms with van der Waals surface area (Å²) in [6, 6.07) is 4.08. The Morgan fingerprint density at radius 1 is 0.767 bits per heavy atom. The predicted molar refractivity (Wildman–Crippen MR) is 139 cm³/mol. The van der Waals surface area contributed by atoms with Crippen LogP contribution in [0.25, 0.3) is 0 Å². The van der Waals surface area contributed by atoms with Gasteiger partial charge in [0.1, 0.15) is 0 Å². The molecule has 1 amide bonds. The minimum atomic E-state index is -2.89. The van der Waals surface area contributed by atoms with Crippen molar-refractivity contribution in [3.05, 3.63) is 12.7 Å². The topological polar surface area (TPSA) is 56.8 Å². The summed E-state index contributed by atoms with van der Waals surface area (Å²) in [5.74, 6) is -0.132. The Kier molecular flexibility index (Phi) is 13.5. The molecule has 0 unspecified atom stereocenters. The monoisotopic (exact) mass is 491 g/mol. The Hall–Kier alpha value is -0.0425. The van der Waals surface area contributed by atoms with Crippen LogP contribution >= 0.6 is 0 Å². The van der Waals surface area contributed by atoms with Crippen molar-refractivity contribution in [2.45, 2.75) is 110 Å². The highest BCUT2D eigenvalue weighted by molar-refractivity contribution is 6.90. The number of hydrogen-bond acceptors (Lipinski definition) is 4. The molecule has 0 aromatic heterocycles. The van der Waals surface area contributed by atoms with Gasteiger partial charge in [0.05, 0.1) is 0 Å². The smallest absolute Gasteiger partial charge is 0.417 e. The number of amides is 1. The van der Waals surface area contributed by atoms with Crippen molar-refractivity contribution in [3.8, 4) is 0 Å². The van der Waals surface area contributed by atoms with Gasteiger partial charge in [0.2, 0.25) is 5.91 Å². The molecule has 30 heavy (non-hydrogen) atoms. The molecule has 0 heterocycles. The summed E-state index contributed by atoms with van der Waals surface area (Å²) in [7, 11) is -8.65. The first-order chi connectivity index (χ1) is 13.8. The summed E-state index contributed by atoms with van der Waals surface area (Å²) >= 11 is 0. The Bertz CT molecular complexity index is 477. The highest BCUT2D eigenvalue weighted by Crippen LogP contribution is 2.34. The summed E-state index contributed by atoms with van der Waals surface area (Å²) in [6.45, 7) is 24.6. The van der Waals surface area contributed by atoms with E-state index < -0.39 is 33.8 Å². The van der Waals surface area contributed by atoms with Gasteiger partial charge in [-0.15, -0.1) is 0 Å². The lowest BCUT2D eigenvalue weighted by Crippen LogP contribution is -2.62. The van der Waals surface area contributed by atoms with E-state index in [1.54, 1.807) is 0 Å². The average molecular weight is 492 g/mol. The molecule has 0 spiro atoms. The van der Waals surface area contributed by atoms with Crippen LogP contribution in [-0.4, -0.2) is 46.2 Å². The van der Waals surface area contributed by atoms with Crippen LogP contribution in [0.2, 0.25) is 63.5 Å². The standard InChI is InChI=1S/C21H49NO4Si4/c1-11-17-27(5,6)24-30(25-28(7,8)18-12-2,26-29(9,10)19-13-3)20-15-16-22-21(23)14-4/h14H,4,11-13,15-20H2,1-3,5-10H3,(H,22,23). The summed E-state index contributed by atoms with van der Waals surface area (Å²) in [6.07, 6.45) is 5.47. The van der Waals surface area contributed by atoms with Crippen molar-refractivity contribution in [3.63, 3.8) is 0 Å². The van der Waals surface area contributed by atoms with E-state index in [2.05, 4.69) is 71.9 Å². The van der Waals surface area contributed by atoms with Crippen molar-refractivity contribution >= 4 is 39.7 Å². The fourth-order valence-electron chi connectivity index (χ4n) is 4.03. The van der Waals surface area contributed by atoms with E-state index in [-0.39, 0.29) is 5.91 Å². The van der Waals surface area contributed by atoms with E-state index in [4.69, 9.17) is 12.3 Å². The first-order valence-electron chi connectivity index (χ1n) is 11.8. The van der Waals surface area contributed by atoms with Crippen molar-refractivity contribution in [2.24, 2.45) is 0 Å². The lowest BCUT2D eigenvalue weighted by Gasteiger charge is -2.45. The maximum Gasteiger partial charge on any atom is 0.469 e. The van der Waals surface area contributed by atoms with Crippen LogP contribution in [0.15, 0.2) is 12.7 Å². The molecule has 0 aromatic rings. The van der Waals surface area contributed by atoms with Gasteiger partial charge in [0.25, 0.3) is 0 Å². The molecule has 1 N–H and O–H groups in total. The van der Waals surface area contributed by atoms with Crippen LogP contribution in [0.5, 0.6) is 0 Å². The third-order valence-corrected chi connectivity index (χ3v) is 21.4. The molecule has 0 aliphatic rings. The van der Waals surface area contributed by atoms with E-state index in [1.165, 1.54) is 6.08 Å².